The molecule has 0 radical (unpaired) electrons. The first-order chi connectivity index (χ1) is 8.28. The third-order valence-electron chi connectivity index (χ3n) is 3.31. The molecule has 0 aromatic heterocycles. The van der Waals surface area contributed by atoms with Crippen molar-refractivity contribution in [1.29, 1.82) is 5.26 Å². The van der Waals surface area contributed by atoms with Gasteiger partial charge < -0.3 is 5.32 Å². The van der Waals surface area contributed by atoms with Crippen LogP contribution in [0.25, 0.3) is 0 Å². The average molecular weight is 244 g/mol. The molecule has 2 heteroatoms. The van der Waals surface area contributed by atoms with Gasteiger partial charge in [-0.25, -0.2) is 0 Å². The van der Waals surface area contributed by atoms with Crippen molar-refractivity contribution in [2.24, 2.45) is 5.41 Å². The number of nitriles is 1. The Bertz CT molecular complexity index is 439. The predicted molar refractivity (Wildman–Crippen MR) is 76.5 cm³/mol. The van der Waals surface area contributed by atoms with Gasteiger partial charge in [0.2, 0.25) is 0 Å². The van der Waals surface area contributed by atoms with Gasteiger partial charge in [0.15, 0.2) is 0 Å². The number of aryl methyl sites for hydroxylation is 1. The smallest absolute Gasteiger partial charge is 0.0697 e. The lowest BCUT2D eigenvalue weighted by Crippen LogP contribution is -2.38. The molecule has 18 heavy (non-hydrogen) atoms. The highest BCUT2D eigenvalue weighted by atomic mass is 14.9. The Labute approximate surface area is 111 Å². The number of benzene rings is 1. The van der Waals surface area contributed by atoms with Crippen LogP contribution in [-0.2, 0) is 5.41 Å². The summed E-state index contributed by atoms with van der Waals surface area (Å²) in [6.07, 6.45) is 0. The summed E-state index contributed by atoms with van der Waals surface area (Å²) in [5.41, 5.74) is 2.47. The van der Waals surface area contributed by atoms with Crippen molar-refractivity contribution in [3.8, 4) is 6.07 Å². The van der Waals surface area contributed by atoms with Crippen LogP contribution in [0, 0.1) is 23.7 Å². The summed E-state index contributed by atoms with van der Waals surface area (Å²) in [6, 6.07) is 10.8. The van der Waals surface area contributed by atoms with Crippen LogP contribution >= 0.6 is 0 Å². The summed E-state index contributed by atoms with van der Waals surface area (Å²) in [7, 11) is 0. The second-order valence-electron chi connectivity index (χ2n) is 6.30. The summed E-state index contributed by atoms with van der Waals surface area (Å²) >= 11 is 0. The second-order valence-corrected chi connectivity index (χ2v) is 6.30. The SMILES string of the molecule is Cc1ccccc1C(C)(C)CNCC(C)(C)C#N. The first kappa shape index (κ1) is 14.7. The monoisotopic (exact) mass is 244 g/mol. The van der Waals surface area contributed by atoms with Gasteiger partial charge >= 0.3 is 0 Å². The molecule has 0 aliphatic carbocycles. The lowest BCUT2D eigenvalue weighted by Gasteiger charge is -2.29. The number of hydrogen-bond acceptors (Lipinski definition) is 2. The van der Waals surface area contributed by atoms with Crippen LogP contribution in [0.3, 0.4) is 0 Å². The first-order valence-electron chi connectivity index (χ1n) is 6.47. The Morgan fingerprint density at radius 1 is 1.11 bits per heavy atom. The van der Waals surface area contributed by atoms with Crippen LogP contribution in [-0.4, -0.2) is 13.1 Å². The molecule has 98 valence electrons. The highest BCUT2D eigenvalue weighted by molar-refractivity contribution is 5.32. The maximum absolute atomic E-state index is 8.99. The Morgan fingerprint density at radius 2 is 1.72 bits per heavy atom. The Balaban J connectivity index is 2.67. The first-order valence-corrected chi connectivity index (χ1v) is 6.47. The summed E-state index contributed by atoms with van der Waals surface area (Å²) in [5, 5.41) is 12.4. The second kappa shape index (κ2) is 5.54. The zero-order valence-electron chi connectivity index (χ0n) is 12.2. The third-order valence-corrected chi connectivity index (χ3v) is 3.31. The minimum atomic E-state index is -0.304. The molecule has 1 aromatic carbocycles. The van der Waals surface area contributed by atoms with Gasteiger partial charge in [-0.15, -0.1) is 0 Å². The van der Waals surface area contributed by atoms with Crippen LogP contribution in [0.4, 0.5) is 0 Å². The van der Waals surface area contributed by atoms with E-state index in [0.29, 0.717) is 0 Å². The number of nitrogens with zero attached hydrogens (tertiary/aromatic N) is 1. The number of rotatable bonds is 5. The molecule has 1 rings (SSSR count). The largest absolute Gasteiger partial charge is 0.314 e. The molecule has 0 fully saturated rings. The van der Waals surface area contributed by atoms with Crippen LogP contribution in [0.2, 0.25) is 0 Å². The quantitative estimate of drug-likeness (QED) is 0.861. The lowest BCUT2D eigenvalue weighted by atomic mass is 9.81. The van der Waals surface area contributed by atoms with E-state index < -0.39 is 0 Å². The highest BCUT2D eigenvalue weighted by Crippen LogP contribution is 2.25. The van der Waals surface area contributed by atoms with Gasteiger partial charge in [0.1, 0.15) is 0 Å². The van der Waals surface area contributed by atoms with Crippen molar-refractivity contribution in [3.63, 3.8) is 0 Å². The molecule has 0 atom stereocenters. The molecular formula is C16H24N2. The molecule has 0 saturated carbocycles. The molecule has 1 aromatic rings. The average Bonchev–Trinajstić information content (AvgIpc) is 2.29. The van der Waals surface area contributed by atoms with Gasteiger partial charge in [-0.1, -0.05) is 38.1 Å². The summed E-state index contributed by atoms with van der Waals surface area (Å²) in [6.45, 7) is 12.1. The van der Waals surface area contributed by atoms with Crippen molar-refractivity contribution in [1.82, 2.24) is 5.32 Å². The predicted octanol–water partition coefficient (Wildman–Crippen LogP) is 3.41. The Hall–Kier alpha value is -1.33. The van der Waals surface area contributed by atoms with E-state index in [1.165, 1.54) is 11.1 Å². The van der Waals surface area contributed by atoms with E-state index in [1.807, 2.05) is 13.8 Å². The highest BCUT2D eigenvalue weighted by Gasteiger charge is 2.23. The molecule has 2 nitrogen and oxygen atoms in total. The van der Waals surface area contributed by atoms with Gasteiger partial charge in [-0.2, -0.15) is 5.26 Å². The van der Waals surface area contributed by atoms with Crippen molar-refractivity contribution >= 4 is 0 Å². The fraction of sp³-hybridized carbons (Fsp3) is 0.562. The summed E-state index contributed by atoms with van der Waals surface area (Å²) in [4.78, 5) is 0. The van der Waals surface area contributed by atoms with Crippen molar-refractivity contribution in [2.75, 3.05) is 13.1 Å². The molecule has 0 aliphatic rings. The van der Waals surface area contributed by atoms with Crippen molar-refractivity contribution in [3.05, 3.63) is 35.4 Å². The van der Waals surface area contributed by atoms with Gasteiger partial charge in [0.05, 0.1) is 11.5 Å². The van der Waals surface area contributed by atoms with Gasteiger partial charge in [0, 0.05) is 18.5 Å². The van der Waals surface area contributed by atoms with E-state index in [9.17, 15) is 0 Å². The van der Waals surface area contributed by atoms with E-state index >= 15 is 0 Å². The summed E-state index contributed by atoms with van der Waals surface area (Å²) in [5.74, 6) is 0. The standard InChI is InChI=1S/C16H24N2/c1-13-8-6-7-9-14(13)16(4,5)12-18-11-15(2,3)10-17/h6-9,18H,11-12H2,1-5H3. The fourth-order valence-corrected chi connectivity index (χ4v) is 2.15. The molecule has 0 spiro atoms. The summed E-state index contributed by atoms with van der Waals surface area (Å²) < 4.78 is 0. The minimum absolute atomic E-state index is 0.0802. The van der Waals surface area contributed by atoms with E-state index in [4.69, 9.17) is 5.26 Å². The minimum Gasteiger partial charge on any atom is -0.314 e. The lowest BCUT2D eigenvalue weighted by molar-refractivity contribution is 0.396. The van der Waals surface area contributed by atoms with Crippen molar-refractivity contribution in [2.45, 2.75) is 40.0 Å². The van der Waals surface area contributed by atoms with Crippen LogP contribution in [0.5, 0.6) is 0 Å². The maximum Gasteiger partial charge on any atom is 0.0697 e. The maximum atomic E-state index is 8.99. The van der Waals surface area contributed by atoms with Crippen molar-refractivity contribution < 1.29 is 0 Å². The molecule has 0 heterocycles. The number of hydrogen-bond donors (Lipinski definition) is 1. The molecule has 0 aliphatic heterocycles. The molecule has 0 saturated heterocycles. The molecule has 0 bridgehead atoms. The molecule has 1 N–H and O–H groups in total. The third kappa shape index (κ3) is 3.85. The van der Waals surface area contributed by atoms with Crippen LogP contribution in [0.15, 0.2) is 24.3 Å². The normalized spacial score (nSPS) is 12.2. The zero-order valence-corrected chi connectivity index (χ0v) is 12.2. The zero-order chi connectivity index (χ0) is 13.8. The molecule has 0 amide bonds. The van der Waals surface area contributed by atoms with Gasteiger partial charge in [-0.3, -0.25) is 0 Å². The topological polar surface area (TPSA) is 35.8 Å². The Kier molecular flexibility index (Phi) is 4.53. The van der Waals surface area contributed by atoms with Crippen LogP contribution in [0.1, 0.15) is 38.8 Å². The fourth-order valence-electron chi connectivity index (χ4n) is 2.15. The van der Waals surface area contributed by atoms with E-state index in [-0.39, 0.29) is 10.8 Å². The van der Waals surface area contributed by atoms with E-state index in [0.717, 1.165) is 13.1 Å². The van der Waals surface area contributed by atoms with E-state index in [2.05, 4.69) is 56.4 Å². The number of nitrogens with one attached hydrogen (secondary N) is 1. The van der Waals surface area contributed by atoms with Crippen LogP contribution < -0.4 is 5.32 Å². The molecular weight excluding hydrogens is 220 g/mol. The molecule has 0 unspecified atom stereocenters. The van der Waals surface area contributed by atoms with E-state index in [1.54, 1.807) is 0 Å². The van der Waals surface area contributed by atoms with Gasteiger partial charge in [0.25, 0.3) is 0 Å². The van der Waals surface area contributed by atoms with Gasteiger partial charge in [-0.05, 0) is 31.9 Å². The Morgan fingerprint density at radius 3 is 2.28 bits per heavy atom.